The predicted molar refractivity (Wildman–Crippen MR) is 119 cm³/mol. The van der Waals surface area contributed by atoms with E-state index in [1.807, 2.05) is 24.3 Å². The molecule has 3 aromatic carbocycles. The number of sulfonamides is 1. The monoisotopic (exact) mass is 435 g/mol. The maximum absolute atomic E-state index is 13.1. The van der Waals surface area contributed by atoms with E-state index in [1.165, 1.54) is 11.4 Å². The van der Waals surface area contributed by atoms with Gasteiger partial charge in [0.05, 0.1) is 23.3 Å². The van der Waals surface area contributed by atoms with Crippen molar-refractivity contribution in [1.29, 1.82) is 0 Å². The summed E-state index contributed by atoms with van der Waals surface area (Å²) in [4.78, 5) is 12.2. The minimum atomic E-state index is -3.74. The maximum atomic E-state index is 13.1. The SMILES string of the molecule is CN(c1ccc(OC(=O)CCc2ccco2)cc1)S(=O)(=O)c1ccc2ccccc2c1. The van der Waals surface area contributed by atoms with Crippen LogP contribution in [0.4, 0.5) is 5.69 Å². The van der Waals surface area contributed by atoms with E-state index in [4.69, 9.17) is 9.15 Å². The summed E-state index contributed by atoms with van der Waals surface area (Å²) in [5, 5.41) is 1.83. The number of fused-ring (bicyclic) bond motifs is 1. The molecule has 0 saturated carbocycles. The summed E-state index contributed by atoms with van der Waals surface area (Å²) in [5.74, 6) is 0.679. The first-order chi connectivity index (χ1) is 14.9. The first-order valence-electron chi connectivity index (χ1n) is 9.74. The summed E-state index contributed by atoms with van der Waals surface area (Å²) >= 11 is 0. The fourth-order valence-corrected chi connectivity index (χ4v) is 4.44. The number of carbonyl (C=O) groups excluding carboxylic acids is 1. The van der Waals surface area contributed by atoms with Gasteiger partial charge in [0.25, 0.3) is 10.0 Å². The van der Waals surface area contributed by atoms with Crippen LogP contribution in [-0.2, 0) is 21.2 Å². The second-order valence-corrected chi connectivity index (χ2v) is 9.00. The van der Waals surface area contributed by atoms with Gasteiger partial charge in [-0.15, -0.1) is 0 Å². The lowest BCUT2D eigenvalue weighted by Crippen LogP contribution is -2.26. The summed E-state index contributed by atoms with van der Waals surface area (Å²) in [6.07, 6.45) is 2.20. The zero-order valence-corrected chi connectivity index (χ0v) is 17.7. The standard InChI is InChI=1S/C24H21NO5S/c1-25(31(27,28)23-14-8-18-5-2-3-6-19(18)17-23)20-9-11-22(12-10-20)30-24(26)15-13-21-7-4-16-29-21/h2-12,14,16-17H,13,15H2,1H3. The smallest absolute Gasteiger partial charge is 0.311 e. The van der Waals surface area contributed by atoms with Crippen LogP contribution in [0, 0.1) is 0 Å². The number of ether oxygens (including phenoxy) is 1. The fourth-order valence-electron chi connectivity index (χ4n) is 3.21. The van der Waals surface area contributed by atoms with Crippen molar-refractivity contribution in [1.82, 2.24) is 0 Å². The lowest BCUT2D eigenvalue weighted by molar-refractivity contribution is -0.134. The number of carbonyl (C=O) groups is 1. The normalized spacial score (nSPS) is 11.4. The molecule has 0 unspecified atom stereocenters. The molecule has 7 heteroatoms. The number of benzene rings is 3. The van der Waals surface area contributed by atoms with Gasteiger partial charge in [0.1, 0.15) is 11.5 Å². The minimum absolute atomic E-state index is 0.186. The third-order valence-electron chi connectivity index (χ3n) is 4.97. The van der Waals surface area contributed by atoms with Crippen molar-refractivity contribution in [2.45, 2.75) is 17.7 Å². The van der Waals surface area contributed by atoms with E-state index >= 15 is 0 Å². The number of anilines is 1. The van der Waals surface area contributed by atoms with Gasteiger partial charge in [0, 0.05) is 13.5 Å². The van der Waals surface area contributed by atoms with Crippen LogP contribution in [0.5, 0.6) is 5.75 Å². The number of esters is 1. The van der Waals surface area contributed by atoms with Crippen LogP contribution in [0.1, 0.15) is 12.2 Å². The Morgan fingerprint density at radius 3 is 2.39 bits per heavy atom. The Labute approximate surface area is 180 Å². The van der Waals surface area contributed by atoms with E-state index in [1.54, 1.807) is 60.9 Å². The first-order valence-corrected chi connectivity index (χ1v) is 11.2. The van der Waals surface area contributed by atoms with Crippen molar-refractivity contribution >= 4 is 32.5 Å². The topological polar surface area (TPSA) is 76.8 Å². The van der Waals surface area contributed by atoms with Crippen molar-refractivity contribution in [3.05, 3.63) is 90.9 Å². The van der Waals surface area contributed by atoms with Gasteiger partial charge < -0.3 is 9.15 Å². The Kier molecular flexibility index (Phi) is 5.77. The van der Waals surface area contributed by atoms with E-state index in [0.29, 0.717) is 23.6 Å². The van der Waals surface area contributed by atoms with E-state index in [9.17, 15) is 13.2 Å². The highest BCUT2D eigenvalue weighted by atomic mass is 32.2. The van der Waals surface area contributed by atoms with Gasteiger partial charge >= 0.3 is 5.97 Å². The van der Waals surface area contributed by atoms with Crippen molar-refractivity contribution in [3.63, 3.8) is 0 Å². The van der Waals surface area contributed by atoms with Gasteiger partial charge in [0.2, 0.25) is 0 Å². The molecule has 0 bridgehead atoms. The summed E-state index contributed by atoms with van der Waals surface area (Å²) in [6.45, 7) is 0. The molecule has 4 aromatic rings. The Morgan fingerprint density at radius 1 is 0.935 bits per heavy atom. The van der Waals surface area contributed by atoms with E-state index in [-0.39, 0.29) is 17.3 Å². The van der Waals surface area contributed by atoms with Crippen LogP contribution in [0.15, 0.2) is 94.4 Å². The molecule has 0 aliphatic rings. The number of rotatable bonds is 7. The maximum Gasteiger partial charge on any atom is 0.311 e. The molecule has 1 heterocycles. The zero-order valence-electron chi connectivity index (χ0n) is 16.9. The molecule has 158 valence electrons. The molecule has 31 heavy (non-hydrogen) atoms. The molecule has 0 atom stereocenters. The highest BCUT2D eigenvalue weighted by molar-refractivity contribution is 7.92. The van der Waals surface area contributed by atoms with Crippen LogP contribution in [-0.4, -0.2) is 21.4 Å². The third kappa shape index (κ3) is 4.62. The van der Waals surface area contributed by atoms with Gasteiger partial charge in [0.15, 0.2) is 0 Å². The molecule has 0 amide bonds. The Hall–Kier alpha value is -3.58. The van der Waals surface area contributed by atoms with Crippen LogP contribution < -0.4 is 9.04 Å². The second-order valence-electron chi connectivity index (χ2n) is 7.03. The molecule has 0 aliphatic heterocycles. The summed E-state index contributed by atoms with van der Waals surface area (Å²) in [6, 6.07) is 22.6. The molecule has 0 fully saturated rings. The third-order valence-corrected chi connectivity index (χ3v) is 6.75. The van der Waals surface area contributed by atoms with Crippen molar-refractivity contribution in [2.24, 2.45) is 0 Å². The lowest BCUT2D eigenvalue weighted by atomic mass is 10.1. The number of hydrogen-bond acceptors (Lipinski definition) is 5. The van der Waals surface area contributed by atoms with E-state index in [2.05, 4.69) is 0 Å². The summed E-state index contributed by atoms with van der Waals surface area (Å²) < 4.78 is 37.9. The molecule has 0 N–H and O–H groups in total. The molecule has 1 aromatic heterocycles. The Bertz CT molecular complexity index is 1300. The highest BCUT2D eigenvalue weighted by Crippen LogP contribution is 2.26. The number of aryl methyl sites for hydroxylation is 1. The second kappa shape index (κ2) is 8.65. The molecule has 0 spiro atoms. The van der Waals surface area contributed by atoms with Gasteiger partial charge in [-0.05, 0) is 59.3 Å². The molecular weight excluding hydrogens is 414 g/mol. The zero-order chi connectivity index (χ0) is 21.8. The molecular formula is C24H21NO5S. The number of hydrogen-bond donors (Lipinski definition) is 0. The average Bonchev–Trinajstić information content (AvgIpc) is 3.31. The Morgan fingerprint density at radius 2 is 1.68 bits per heavy atom. The fraction of sp³-hybridized carbons (Fsp3) is 0.125. The van der Waals surface area contributed by atoms with Gasteiger partial charge in [-0.2, -0.15) is 0 Å². The van der Waals surface area contributed by atoms with Gasteiger partial charge in [-0.1, -0.05) is 30.3 Å². The number of furan rings is 1. The van der Waals surface area contributed by atoms with Crippen molar-refractivity contribution < 1.29 is 22.4 Å². The van der Waals surface area contributed by atoms with Crippen LogP contribution in [0.3, 0.4) is 0 Å². The molecule has 6 nitrogen and oxygen atoms in total. The van der Waals surface area contributed by atoms with E-state index in [0.717, 1.165) is 10.8 Å². The van der Waals surface area contributed by atoms with Crippen molar-refractivity contribution in [3.8, 4) is 5.75 Å². The van der Waals surface area contributed by atoms with Crippen LogP contribution >= 0.6 is 0 Å². The van der Waals surface area contributed by atoms with Crippen LogP contribution in [0.2, 0.25) is 0 Å². The molecule has 0 aliphatic carbocycles. The first kappa shape index (κ1) is 20.7. The molecule has 0 radical (unpaired) electrons. The molecule has 4 rings (SSSR count). The molecule has 0 saturated heterocycles. The number of nitrogens with zero attached hydrogens (tertiary/aromatic N) is 1. The van der Waals surface area contributed by atoms with Crippen molar-refractivity contribution in [2.75, 3.05) is 11.4 Å². The van der Waals surface area contributed by atoms with E-state index < -0.39 is 10.0 Å². The van der Waals surface area contributed by atoms with Crippen LogP contribution in [0.25, 0.3) is 10.8 Å². The van der Waals surface area contributed by atoms with Gasteiger partial charge in [-0.3, -0.25) is 9.10 Å². The quantitative estimate of drug-likeness (QED) is 0.308. The average molecular weight is 436 g/mol. The lowest BCUT2D eigenvalue weighted by Gasteiger charge is -2.20. The minimum Gasteiger partial charge on any atom is -0.469 e. The largest absolute Gasteiger partial charge is 0.469 e. The summed E-state index contributed by atoms with van der Waals surface area (Å²) in [5.41, 5.74) is 0.462. The predicted octanol–water partition coefficient (Wildman–Crippen LogP) is 4.80. The Balaban J connectivity index is 1.45. The highest BCUT2D eigenvalue weighted by Gasteiger charge is 2.21. The van der Waals surface area contributed by atoms with Gasteiger partial charge in [-0.25, -0.2) is 8.42 Å². The summed E-state index contributed by atoms with van der Waals surface area (Å²) in [7, 11) is -2.24.